The van der Waals surface area contributed by atoms with Crippen LogP contribution in [0.15, 0.2) is 32.8 Å². The van der Waals surface area contributed by atoms with Crippen molar-refractivity contribution in [2.75, 3.05) is 5.75 Å². The van der Waals surface area contributed by atoms with Crippen LogP contribution in [0.2, 0.25) is 0 Å². The van der Waals surface area contributed by atoms with Crippen LogP contribution in [-0.2, 0) is 4.79 Å². The van der Waals surface area contributed by atoms with Crippen LogP contribution in [-0.4, -0.2) is 28.0 Å². The third-order valence-electron chi connectivity index (χ3n) is 3.04. The molecule has 1 aromatic rings. The Labute approximate surface area is 129 Å². The van der Waals surface area contributed by atoms with E-state index in [-0.39, 0.29) is 12.1 Å². The summed E-state index contributed by atoms with van der Waals surface area (Å²) in [5.41, 5.74) is 0.559. The van der Waals surface area contributed by atoms with E-state index in [1.54, 1.807) is 5.01 Å². The van der Waals surface area contributed by atoms with E-state index in [4.69, 9.17) is 0 Å². The average molecular weight is 353 g/mol. The van der Waals surface area contributed by atoms with Gasteiger partial charge in [0.05, 0.1) is 5.36 Å². The Balaban J connectivity index is 2.24. The highest BCUT2D eigenvalue weighted by atomic mass is 79.9. The molecule has 0 fully saturated rings. The molecule has 0 aliphatic carbocycles. The molecule has 0 saturated heterocycles. The van der Waals surface area contributed by atoms with E-state index in [1.807, 2.05) is 32.0 Å². The van der Waals surface area contributed by atoms with Gasteiger partial charge in [-0.1, -0.05) is 34.6 Å². The second-order valence-electron chi connectivity index (χ2n) is 4.41. The molecule has 0 radical (unpaired) electrons. The first-order valence-electron chi connectivity index (χ1n) is 6.30. The number of amidine groups is 1. The van der Waals surface area contributed by atoms with Gasteiger partial charge in [-0.2, -0.15) is 0 Å². The third kappa shape index (κ3) is 2.25. The molecule has 2 aliphatic heterocycles. The first kappa shape index (κ1) is 13.6. The first-order chi connectivity index (χ1) is 9.60. The van der Waals surface area contributed by atoms with E-state index >= 15 is 0 Å². The normalized spacial score (nSPS) is 20.6. The van der Waals surface area contributed by atoms with Crippen LogP contribution in [0.5, 0.6) is 0 Å². The Hall–Kier alpha value is -1.34. The number of halogens is 1. The minimum absolute atomic E-state index is 0.128. The Bertz CT molecular complexity index is 730. The molecular formula is C13H13BrN4OS. The van der Waals surface area contributed by atoms with Crippen LogP contribution in [0.3, 0.4) is 0 Å². The number of thioether (sulfide) groups is 1. The van der Waals surface area contributed by atoms with E-state index < -0.39 is 0 Å². The van der Waals surface area contributed by atoms with Gasteiger partial charge < -0.3 is 0 Å². The van der Waals surface area contributed by atoms with Crippen LogP contribution in [0.4, 0.5) is 0 Å². The highest BCUT2D eigenvalue weighted by Gasteiger charge is 2.31. The zero-order valence-electron chi connectivity index (χ0n) is 11.1. The molecular weight excluding hydrogens is 340 g/mol. The summed E-state index contributed by atoms with van der Waals surface area (Å²) < 4.78 is 0.916. The zero-order valence-corrected chi connectivity index (χ0v) is 13.5. The molecule has 1 amide bonds. The van der Waals surface area contributed by atoms with Gasteiger partial charge in [-0.15, -0.1) is 5.10 Å². The van der Waals surface area contributed by atoms with Gasteiger partial charge in [-0.25, -0.2) is 5.01 Å². The molecule has 20 heavy (non-hydrogen) atoms. The van der Waals surface area contributed by atoms with Crippen molar-refractivity contribution in [3.63, 3.8) is 0 Å². The number of carbonyl (C=O) groups is 1. The van der Waals surface area contributed by atoms with Gasteiger partial charge in [-0.05, 0) is 30.9 Å². The summed E-state index contributed by atoms with van der Waals surface area (Å²) in [6, 6.07) is 5.74. The highest BCUT2D eigenvalue weighted by molar-refractivity contribution is 9.10. The van der Waals surface area contributed by atoms with Crippen molar-refractivity contribution < 1.29 is 4.79 Å². The van der Waals surface area contributed by atoms with E-state index in [0.717, 1.165) is 20.8 Å². The quantitative estimate of drug-likeness (QED) is 0.819. The Morgan fingerprint density at radius 1 is 1.50 bits per heavy atom. The van der Waals surface area contributed by atoms with Crippen LogP contribution in [0.1, 0.15) is 13.8 Å². The van der Waals surface area contributed by atoms with E-state index in [2.05, 4.69) is 31.3 Å². The van der Waals surface area contributed by atoms with Gasteiger partial charge in [0, 0.05) is 9.69 Å². The van der Waals surface area contributed by atoms with Gasteiger partial charge in [0.2, 0.25) is 0 Å². The van der Waals surface area contributed by atoms with Crippen molar-refractivity contribution in [2.24, 2.45) is 10.1 Å². The van der Waals surface area contributed by atoms with Gasteiger partial charge in [0.15, 0.2) is 5.17 Å². The topological polar surface area (TPSA) is 57.1 Å². The molecule has 2 aliphatic rings. The smallest absolute Gasteiger partial charge is 0.276 e. The summed E-state index contributed by atoms with van der Waals surface area (Å²) in [4.78, 5) is 17.0. The number of benzene rings is 1. The van der Waals surface area contributed by atoms with Crippen molar-refractivity contribution in [1.82, 2.24) is 10.3 Å². The van der Waals surface area contributed by atoms with Crippen molar-refractivity contribution in [1.29, 1.82) is 0 Å². The SMILES string of the molecule is CCSC1=NN2C(=c3cc(Br)ccc3=N[C@H]2C)C(=O)N1. The van der Waals surface area contributed by atoms with Gasteiger partial charge in [0.1, 0.15) is 11.9 Å². The second-order valence-corrected chi connectivity index (χ2v) is 6.58. The van der Waals surface area contributed by atoms with Crippen LogP contribution in [0.25, 0.3) is 5.70 Å². The number of rotatable bonds is 1. The summed E-state index contributed by atoms with van der Waals surface area (Å²) in [6.45, 7) is 3.95. The fourth-order valence-corrected chi connectivity index (χ4v) is 3.16. The lowest BCUT2D eigenvalue weighted by molar-refractivity contribution is -0.116. The summed E-state index contributed by atoms with van der Waals surface area (Å²) in [5, 5.41) is 11.3. The molecule has 1 aromatic carbocycles. The second kappa shape index (κ2) is 5.21. The molecule has 2 heterocycles. The Kier molecular flexibility index (Phi) is 3.55. The van der Waals surface area contributed by atoms with Gasteiger partial charge in [0.25, 0.3) is 5.91 Å². The number of fused-ring (bicyclic) bond motifs is 2. The first-order valence-corrected chi connectivity index (χ1v) is 8.07. The number of hydrogen-bond acceptors (Lipinski definition) is 5. The third-order valence-corrected chi connectivity index (χ3v) is 4.28. The van der Waals surface area contributed by atoms with Gasteiger partial charge >= 0.3 is 0 Å². The number of hydrogen-bond donors (Lipinski definition) is 1. The minimum atomic E-state index is -0.183. The number of hydrazone groups is 1. The maximum atomic E-state index is 12.4. The largest absolute Gasteiger partial charge is 0.298 e. The van der Waals surface area contributed by atoms with Crippen molar-refractivity contribution in [3.05, 3.63) is 33.2 Å². The fourth-order valence-electron chi connectivity index (χ4n) is 2.22. The van der Waals surface area contributed by atoms with Crippen LogP contribution >= 0.6 is 27.7 Å². The number of nitrogens with one attached hydrogen (secondary N) is 1. The molecule has 0 bridgehead atoms. The zero-order chi connectivity index (χ0) is 14.3. The van der Waals surface area contributed by atoms with Crippen molar-refractivity contribution in [3.8, 4) is 0 Å². The molecule has 3 rings (SSSR count). The average Bonchev–Trinajstić information content (AvgIpc) is 2.40. The fraction of sp³-hybridized carbons (Fsp3) is 0.308. The summed E-state index contributed by atoms with van der Waals surface area (Å²) in [6.07, 6.45) is -0.183. The lowest BCUT2D eigenvalue weighted by Gasteiger charge is -2.32. The summed E-state index contributed by atoms with van der Waals surface area (Å²) in [7, 11) is 0. The Morgan fingerprint density at radius 3 is 3.05 bits per heavy atom. The molecule has 0 unspecified atom stereocenters. The molecule has 104 valence electrons. The summed E-state index contributed by atoms with van der Waals surface area (Å²) in [5.74, 6) is 0.729. The van der Waals surface area contributed by atoms with Crippen molar-refractivity contribution >= 4 is 44.5 Å². The van der Waals surface area contributed by atoms with E-state index in [9.17, 15) is 4.79 Å². The molecule has 5 nitrogen and oxygen atoms in total. The molecule has 0 aromatic heterocycles. The maximum Gasteiger partial charge on any atom is 0.276 e. The van der Waals surface area contributed by atoms with Crippen LogP contribution < -0.4 is 15.9 Å². The minimum Gasteiger partial charge on any atom is -0.298 e. The molecule has 7 heteroatoms. The molecule has 1 N–H and O–H groups in total. The molecule has 1 atom stereocenters. The lowest BCUT2D eigenvalue weighted by Crippen LogP contribution is -2.52. The highest BCUT2D eigenvalue weighted by Crippen LogP contribution is 2.20. The Morgan fingerprint density at radius 2 is 2.30 bits per heavy atom. The number of amides is 1. The lowest BCUT2D eigenvalue weighted by atomic mass is 10.2. The predicted molar refractivity (Wildman–Crippen MR) is 83.3 cm³/mol. The standard InChI is InChI=1S/C13H13BrN4OS/c1-3-20-13-16-12(19)11-9-6-8(14)4-5-10(9)15-7(2)18(11)17-13/h4-7H,3H2,1-2H3,(H,16,17,19)/t7-/m1/s1. The molecule has 0 spiro atoms. The number of nitrogens with zero attached hydrogens (tertiary/aromatic N) is 3. The molecule has 0 saturated carbocycles. The van der Waals surface area contributed by atoms with E-state index in [0.29, 0.717) is 10.9 Å². The van der Waals surface area contributed by atoms with Crippen molar-refractivity contribution in [2.45, 2.75) is 20.0 Å². The monoisotopic (exact) mass is 352 g/mol. The van der Waals surface area contributed by atoms with E-state index in [1.165, 1.54) is 11.8 Å². The van der Waals surface area contributed by atoms with Crippen LogP contribution in [0, 0.1) is 0 Å². The van der Waals surface area contributed by atoms with Gasteiger partial charge in [-0.3, -0.25) is 15.1 Å². The number of carbonyl (C=O) groups excluding carboxylic acids is 1. The maximum absolute atomic E-state index is 12.4. The predicted octanol–water partition coefficient (Wildman–Crippen LogP) is 0.992. The summed E-state index contributed by atoms with van der Waals surface area (Å²) >= 11 is 4.94.